The van der Waals surface area contributed by atoms with E-state index in [0.717, 1.165) is 12.3 Å². The highest BCUT2D eigenvalue weighted by Gasteiger charge is 2.09. The van der Waals surface area contributed by atoms with Crippen molar-refractivity contribution in [2.24, 2.45) is 11.3 Å². The van der Waals surface area contributed by atoms with Crippen LogP contribution in [-0.4, -0.2) is 0 Å². The predicted octanol–water partition coefficient (Wildman–Crippen LogP) is 7.64. The largest absolute Gasteiger partial charge is 0.103 e. The average Bonchev–Trinajstić information content (AvgIpc) is 2.26. The summed E-state index contributed by atoms with van der Waals surface area (Å²) >= 11 is 0. The molecule has 1 saturated carbocycles. The second-order valence-electron chi connectivity index (χ2n) is 7.09. The molecule has 1 aliphatic rings. The van der Waals surface area contributed by atoms with Crippen LogP contribution in [0.5, 0.6) is 0 Å². The molecule has 118 valence electrons. The first-order valence-electron chi connectivity index (χ1n) is 8.33. The van der Waals surface area contributed by atoms with Crippen molar-refractivity contribution in [2.45, 2.75) is 100 Å². The van der Waals surface area contributed by atoms with E-state index in [1.54, 1.807) is 0 Å². The molecule has 0 spiro atoms. The summed E-state index contributed by atoms with van der Waals surface area (Å²) in [7, 11) is 0. The molecule has 0 nitrogen and oxygen atoms in total. The van der Waals surface area contributed by atoms with E-state index in [-0.39, 0.29) is 0 Å². The molecule has 0 saturated heterocycles. The van der Waals surface area contributed by atoms with E-state index >= 15 is 0 Å². The van der Waals surface area contributed by atoms with Crippen molar-refractivity contribution < 1.29 is 0 Å². The van der Waals surface area contributed by atoms with E-state index in [1.165, 1.54) is 38.5 Å². The number of unbranched alkanes of at least 4 members (excludes halogenated alkanes) is 2. The molecule has 0 aliphatic heterocycles. The molecule has 0 aromatic rings. The Kier molecular flexibility index (Phi) is 22.2. The number of hydrogen-bond donors (Lipinski definition) is 0. The summed E-state index contributed by atoms with van der Waals surface area (Å²) in [5, 5.41) is 0. The fourth-order valence-corrected chi connectivity index (χ4v) is 0.966. The topological polar surface area (TPSA) is 0 Å². The summed E-state index contributed by atoms with van der Waals surface area (Å²) in [4.78, 5) is 0. The van der Waals surface area contributed by atoms with Gasteiger partial charge in [0.25, 0.3) is 0 Å². The van der Waals surface area contributed by atoms with Gasteiger partial charge in [-0.15, -0.1) is 6.58 Å². The van der Waals surface area contributed by atoms with E-state index in [9.17, 15) is 0 Å². The average molecular weight is 271 g/mol. The Morgan fingerprint density at radius 2 is 1.26 bits per heavy atom. The van der Waals surface area contributed by atoms with Gasteiger partial charge in [-0.05, 0) is 17.8 Å². The summed E-state index contributed by atoms with van der Waals surface area (Å²) in [5.41, 5.74) is 0.500. The van der Waals surface area contributed by atoms with Gasteiger partial charge in [-0.1, -0.05) is 100.0 Å². The van der Waals surface area contributed by atoms with E-state index in [2.05, 4.69) is 62.0 Å². The Morgan fingerprint density at radius 3 is 1.26 bits per heavy atom. The lowest BCUT2D eigenvalue weighted by Crippen LogP contribution is -2.04. The summed E-state index contributed by atoms with van der Waals surface area (Å²) in [6.07, 6.45) is 11.5. The van der Waals surface area contributed by atoms with Crippen molar-refractivity contribution in [1.29, 1.82) is 0 Å². The summed E-state index contributed by atoms with van der Waals surface area (Å²) in [6.45, 7) is 21.0. The Morgan fingerprint density at radius 1 is 1.00 bits per heavy atom. The predicted molar refractivity (Wildman–Crippen MR) is 93.8 cm³/mol. The molecular formula is C19H42. The van der Waals surface area contributed by atoms with Gasteiger partial charge in [0.05, 0.1) is 0 Å². The van der Waals surface area contributed by atoms with Crippen LogP contribution in [0.2, 0.25) is 0 Å². The first kappa shape index (κ1) is 23.8. The van der Waals surface area contributed by atoms with Gasteiger partial charge in [0, 0.05) is 0 Å². The minimum Gasteiger partial charge on any atom is -0.103 e. The highest BCUT2D eigenvalue weighted by atomic mass is 14.1. The van der Waals surface area contributed by atoms with Gasteiger partial charge < -0.3 is 0 Å². The van der Waals surface area contributed by atoms with E-state index in [4.69, 9.17) is 0 Å². The molecule has 0 N–H and O–H groups in total. The van der Waals surface area contributed by atoms with Crippen molar-refractivity contribution in [3.63, 3.8) is 0 Å². The van der Waals surface area contributed by atoms with Crippen LogP contribution in [0.25, 0.3) is 0 Å². The molecule has 0 aromatic carbocycles. The third-order valence-electron chi connectivity index (χ3n) is 2.39. The monoisotopic (exact) mass is 270 g/mol. The zero-order valence-corrected chi connectivity index (χ0v) is 15.3. The first-order chi connectivity index (χ1) is 8.72. The van der Waals surface area contributed by atoms with Crippen molar-refractivity contribution >= 4 is 0 Å². The second kappa shape index (κ2) is 17.7. The standard InChI is InChI=1S/C5H10.2C5H12.C4H8/c1-5-3-2-4-5;1-5(2,3)4;1-3-5-4-2;1-3-4-2/h5H,2-4H2,1H3;1-4H3;3-5H2,1-2H3;3H,1,4H2,2H3. The molecule has 0 radical (unpaired) electrons. The summed E-state index contributed by atoms with van der Waals surface area (Å²) < 4.78 is 0. The van der Waals surface area contributed by atoms with Crippen LogP contribution < -0.4 is 0 Å². The Hall–Kier alpha value is -0.260. The van der Waals surface area contributed by atoms with Gasteiger partial charge in [0.2, 0.25) is 0 Å². The maximum Gasteiger partial charge on any atom is -0.0382 e. The van der Waals surface area contributed by atoms with Crippen LogP contribution in [0, 0.1) is 11.3 Å². The molecule has 0 atom stereocenters. The minimum atomic E-state index is 0.500. The van der Waals surface area contributed by atoms with Gasteiger partial charge in [-0.25, -0.2) is 0 Å². The zero-order chi connectivity index (χ0) is 15.7. The molecule has 1 fully saturated rings. The molecule has 1 aliphatic carbocycles. The Labute approximate surface area is 125 Å². The lowest BCUT2D eigenvalue weighted by atomic mass is 9.88. The van der Waals surface area contributed by atoms with Crippen LogP contribution in [0.3, 0.4) is 0 Å². The van der Waals surface area contributed by atoms with Gasteiger partial charge in [-0.3, -0.25) is 0 Å². The number of hydrogen-bond acceptors (Lipinski definition) is 0. The van der Waals surface area contributed by atoms with Crippen molar-refractivity contribution in [1.82, 2.24) is 0 Å². The summed E-state index contributed by atoms with van der Waals surface area (Å²) in [5.74, 6) is 1.06. The van der Waals surface area contributed by atoms with Gasteiger partial charge in [0.15, 0.2) is 0 Å². The lowest BCUT2D eigenvalue weighted by Gasteiger charge is -2.18. The summed E-state index contributed by atoms with van der Waals surface area (Å²) in [6, 6.07) is 0. The SMILES string of the molecule is C=CCC.CC(C)(C)C.CC1CCC1.CCCCC. The van der Waals surface area contributed by atoms with Crippen molar-refractivity contribution in [3.8, 4) is 0 Å². The van der Waals surface area contributed by atoms with Crippen LogP contribution >= 0.6 is 0 Å². The lowest BCUT2D eigenvalue weighted by molar-refractivity contribution is 0.346. The smallest absolute Gasteiger partial charge is 0.0382 e. The molecule has 0 heteroatoms. The van der Waals surface area contributed by atoms with Crippen LogP contribution in [0.15, 0.2) is 12.7 Å². The van der Waals surface area contributed by atoms with Crippen molar-refractivity contribution in [3.05, 3.63) is 12.7 Å². The molecule has 0 aromatic heterocycles. The molecule has 0 heterocycles. The van der Waals surface area contributed by atoms with Gasteiger partial charge in [-0.2, -0.15) is 0 Å². The third kappa shape index (κ3) is 57.5. The maximum atomic E-state index is 3.48. The maximum absolute atomic E-state index is 3.48. The second-order valence-corrected chi connectivity index (χ2v) is 7.09. The molecule has 1 rings (SSSR count). The van der Waals surface area contributed by atoms with Crippen LogP contribution in [-0.2, 0) is 0 Å². The fraction of sp³-hybridized carbons (Fsp3) is 0.895. The van der Waals surface area contributed by atoms with Crippen LogP contribution in [0.1, 0.15) is 100 Å². The number of rotatable bonds is 3. The molecular weight excluding hydrogens is 228 g/mol. The van der Waals surface area contributed by atoms with E-state index < -0.39 is 0 Å². The quantitative estimate of drug-likeness (QED) is 0.462. The van der Waals surface area contributed by atoms with Gasteiger partial charge >= 0.3 is 0 Å². The van der Waals surface area contributed by atoms with Crippen LogP contribution in [0.4, 0.5) is 0 Å². The number of allylic oxidation sites excluding steroid dienone is 1. The third-order valence-corrected chi connectivity index (χ3v) is 2.39. The minimum absolute atomic E-state index is 0.500. The first-order valence-corrected chi connectivity index (χ1v) is 8.33. The molecule has 0 unspecified atom stereocenters. The highest BCUT2D eigenvalue weighted by Crippen LogP contribution is 2.24. The molecule has 0 bridgehead atoms. The zero-order valence-electron chi connectivity index (χ0n) is 15.3. The van der Waals surface area contributed by atoms with Crippen molar-refractivity contribution in [2.75, 3.05) is 0 Å². The normalized spacial score (nSPS) is 13.5. The Bertz CT molecular complexity index is 138. The van der Waals surface area contributed by atoms with E-state index in [0.29, 0.717) is 5.41 Å². The Balaban J connectivity index is -0.000000181. The van der Waals surface area contributed by atoms with Gasteiger partial charge in [0.1, 0.15) is 0 Å². The fourth-order valence-electron chi connectivity index (χ4n) is 0.966. The molecule has 19 heavy (non-hydrogen) atoms. The molecule has 0 amide bonds. The van der Waals surface area contributed by atoms with E-state index in [1.807, 2.05) is 6.08 Å². The highest BCUT2D eigenvalue weighted by molar-refractivity contribution is 4.62.